The predicted octanol–water partition coefficient (Wildman–Crippen LogP) is 1.39. The molecule has 0 aromatic rings. The van der Waals surface area contributed by atoms with Gasteiger partial charge in [0.1, 0.15) is 0 Å². The normalized spacial score (nSPS) is 17.3. The third kappa shape index (κ3) is 3.66. The van der Waals surface area contributed by atoms with Crippen LogP contribution < -0.4 is 5.32 Å². The van der Waals surface area contributed by atoms with Gasteiger partial charge in [0, 0.05) is 19.6 Å². The van der Waals surface area contributed by atoms with Gasteiger partial charge in [-0.05, 0) is 19.3 Å². The van der Waals surface area contributed by atoms with Gasteiger partial charge in [-0.15, -0.1) is 0 Å². The molecule has 0 aromatic heterocycles. The van der Waals surface area contributed by atoms with Crippen molar-refractivity contribution in [2.24, 2.45) is 0 Å². The quantitative estimate of drug-likeness (QED) is 0.724. The highest BCUT2D eigenvalue weighted by molar-refractivity contribution is 5.77. The fourth-order valence-corrected chi connectivity index (χ4v) is 1.96. The van der Waals surface area contributed by atoms with Crippen LogP contribution in [0.25, 0.3) is 0 Å². The van der Waals surface area contributed by atoms with Crippen molar-refractivity contribution in [1.82, 2.24) is 10.2 Å². The highest BCUT2D eigenvalue weighted by Gasteiger charge is 2.16. The van der Waals surface area contributed by atoms with E-state index in [9.17, 15) is 4.79 Å². The smallest absolute Gasteiger partial charge is 0.236 e. The summed E-state index contributed by atoms with van der Waals surface area (Å²) in [5.74, 6) is 0.221. The van der Waals surface area contributed by atoms with Crippen molar-refractivity contribution in [2.75, 3.05) is 20.1 Å². The second-order valence-electron chi connectivity index (χ2n) is 4.18. The Kier molecular flexibility index (Phi) is 4.94. The fourth-order valence-electron chi connectivity index (χ4n) is 1.96. The van der Waals surface area contributed by atoms with Gasteiger partial charge in [-0.3, -0.25) is 4.79 Å². The number of nitrogens with one attached hydrogen (secondary N) is 1. The second-order valence-corrected chi connectivity index (χ2v) is 4.18. The molecule has 14 heavy (non-hydrogen) atoms. The van der Waals surface area contributed by atoms with Crippen LogP contribution in [0.2, 0.25) is 0 Å². The first-order valence-electron chi connectivity index (χ1n) is 5.71. The minimum atomic E-state index is 0.221. The zero-order valence-corrected chi connectivity index (χ0v) is 9.38. The summed E-state index contributed by atoms with van der Waals surface area (Å²) in [6.07, 6.45) is 6.15. The molecule has 0 heterocycles. The van der Waals surface area contributed by atoms with Crippen LogP contribution in [-0.4, -0.2) is 37.0 Å². The third-order valence-electron chi connectivity index (χ3n) is 2.88. The Morgan fingerprint density at radius 3 is 2.64 bits per heavy atom. The van der Waals surface area contributed by atoms with E-state index in [1.165, 1.54) is 25.7 Å². The van der Waals surface area contributed by atoms with Crippen LogP contribution in [0.5, 0.6) is 0 Å². The Morgan fingerprint density at radius 2 is 2.07 bits per heavy atom. The van der Waals surface area contributed by atoms with Crippen LogP contribution in [0.15, 0.2) is 0 Å². The van der Waals surface area contributed by atoms with Gasteiger partial charge in [0.05, 0.1) is 6.54 Å². The van der Waals surface area contributed by atoms with E-state index in [0.717, 1.165) is 13.0 Å². The third-order valence-corrected chi connectivity index (χ3v) is 2.88. The number of likely N-dealkylation sites (N-methyl/N-ethyl adjacent to an activating group) is 1. The predicted molar refractivity (Wildman–Crippen MR) is 58.2 cm³/mol. The molecule has 0 radical (unpaired) electrons. The molecule has 1 amide bonds. The van der Waals surface area contributed by atoms with Crippen LogP contribution in [0, 0.1) is 0 Å². The van der Waals surface area contributed by atoms with Gasteiger partial charge >= 0.3 is 0 Å². The van der Waals surface area contributed by atoms with E-state index < -0.39 is 0 Å². The van der Waals surface area contributed by atoms with Crippen LogP contribution in [0.4, 0.5) is 0 Å². The molecule has 1 rings (SSSR count). The summed E-state index contributed by atoms with van der Waals surface area (Å²) in [5, 5.41) is 3.33. The molecule has 1 aliphatic rings. The summed E-state index contributed by atoms with van der Waals surface area (Å²) in [6, 6.07) is 0.592. The molecule has 3 heteroatoms. The van der Waals surface area contributed by atoms with E-state index >= 15 is 0 Å². The molecule has 1 N–H and O–H groups in total. The average molecular weight is 198 g/mol. The zero-order valence-electron chi connectivity index (χ0n) is 9.38. The SMILES string of the molecule is CCCN(C)C(=O)CNC1CCCC1. The lowest BCUT2D eigenvalue weighted by Gasteiger charge is -2.18. The summed E-state index contributed by atoms with van der Waals surface area (Å²) >= 11 is 0. The first kappa shape index (κ1) is 11.5. The number of hydrogen-bond acceptors (Lipinski definition) is 2. The van der Waals surface area contributed by atoms with Crippen LogP contribution in [0.3, 0.4) is 0 Å². The molecule has 3 nitrogen and oxygen atoms in total. The van der Waals surface area contributed by atoms with Crippen LogP contribution >= 0.6 is 0 Å². The lowest BCUT2D eigenvalue weighted by molar-refractivity contribution is -0.129. The number of amides is 1. The maximum absolute atomic E-state index is 11.6. The van der Waals surface area contributed by atoms with Crippen LogP contribution in [0.1, 0.15) is 39.0 Å². The minimum absolute atomic E-state index is 0.221. The van der Waals surface area contributed by atoms with Gasteiger partial charge in [-0.1, -0.05) is 19.8 Å². The summed E-state index contributed by atoms with van der Waals surface area (Å²) in [7, 11) is 1.88. The monoisotopic (exact) mass is 198 g/mol. The van der Waals surface area contributed by atoms with Gasteiger partial charge in [-0.2, -0.15) is 0 Å². The lowest BCUT2D eigenvalue weighted by Crippen LogP contribution is -2.39. The first-order valence-corrected chi connectivity index (χ1v) is 5.71. The van der Waals surface area contributed by atoms with Crippen molar-refractivity contribution in [3.63, 3.8) is 0 Å². The number of carbonyl (C=O) groups excluding carboxylic acids is 1. The molecule has 1 aliphatic carbocycles. The molecular weight excluding hydrogens is 176 g/mol. The van der Waals surface area contributed by atoms with E-state index in [1.807, 2.05) is 11.9 Å². The van der Waals surface area contributed by atoms with Gasteiger partial charge in [0.2, 0.25) is 5.91 Å². The summed E-state index contributed by atoms with van der Waals surface area (Å²) in [4.78, 5) is 13.4. The standard InChI is InChI=1S/C11H22N2O/c1-3-8-13(2)11(14)9-12-10-6-4-5-7-10/h10,12H,3-9H2,1-2H3. The number of rotatable bonds is 5. The molecule has 82 valence electrons. The summed E-state index contributed by atoms with van der Waals surface area (Å²) in [5.41, 5.74) is 0. The molecular formula is C11H22N2O. The second kappa shape index (κ2) is 6.02. The maximum Gasteiger partial charge on any atom is 0.236 e. The van der Waals surface area contributed by atoms with Crippen molar-refractivity contribution in [2.45, 2.75) is 45.1 Å². The summed E-state index contributed by atoms with van der Waals surface area (Å²) < 4.78 is 0. The molecule has 0 aromatic carbocycles. The Labute approximate surface area is 86.9 Å². The summed E-state index contributed by atoms with van der Waals surface area (Å²) in [6.45, 7) is 3.47. The Morgan fingerprint density at radius 1 is 1.43 bits per heavy atom. The molecule has 0 aliphatic heterocycles. The molecule has 0 bridgehead atoms. The maximum atomic E-state index is 11.6. The lowest BCUT2D eigenvalue weighted by atomic mass is 10.2. The van der Waals surface area contributed by atoms with Gasteiger partial charge in [0.15, 0.2) is 0 Å². The van der Waals surface area contributed by atoms with Crippen molar-refractivity contribution in [1.29, 1.82) is 0 Å². The van der Waals surface area contributed by atoms with Crippen molar-refractivity contribution >= 4 is 5.91 Å². The van der Waals surface area contributed by atoms with Crippen molar-refractivity contribution in [3.05, 3.63) is 0 Å². The molecule has 0 saturated heterocycles. The Balaban J connectivity index is 2.13. The fraction of sp³-hybridized carbons (Fsp3) is 0.909. The van der Waals surface area contributed by atoms with Gasteiger partial charge in [-0.25, -0.2) is 0 Å². The average Bonchev–Trinajstić information content (AvgIpc) is 2.67. The van der Waals surface area contributed by atoms with Crippen molar-refractivity contribution < 1.29 is 4.79 Å². The largest absolute Gasteiger partial charge is 0.345 e. The molecule has 0 unspecified atom stereocenters. The van der Waals surface area contributed by atoms with E-state index in [1.54, 1.807) is 0 Å². The highest BCUT2D eigenvalue weighted by atomic mass is 16.2. The van der Waals surface area contributed by atoms with E-state index in [-0.39, 0.29) is 5.91 Å². The Hall–Kier alpha value is -0.570. The number of hydrogen-bond donors (Lipinski definition) is 1. The van der Waals surface area contributed by atoms with E-state index in [2.05, 4.69) is 12.2 Å². The molecule has 0 atom stereocenters. The Bertz CT molecular complexity index is 176. The van der Waals surface area contributed by atoms with Crippen molar-refractivity contribution in [3.8, 4) is 0 Å². The van der Waals surface area contributed by atoms with E-state index in [0.29, 0.717) is 12.6 Å². The molecule has 1 saturated carbocycles. The van der Waals surface area contributed by atoms with Crippen LogP contribution in [-0.2, 0) is 4.79 Å². The topological polar surface area (TPSA) is 32.3 Å². The first-order chi connectivity index (χ1) is 6.74. The highest BCUT2D eigenvalue weighted by Crippen LogP contribution is 2.17. The molecule has 0 spiro atoms. The molecule has 1 fully saturated rings. The number of carbonyl (C=O) groups is 1. The van der Waals surface area contributed by atoms with Gasteiger partial charge < -0.3 is 10.2 Å². The van der Waals surface area contributed by atoms with Gasteiger partial charge in [0.25, 0.3) is 0 Å². The zero-order chi connectivity index (χ0) is 10.4. The minimum Gasteiger partial charge on any atom is -0.345 e. The van der Waals surface area contributed by atoms with E-state index in [4.69, 9.17) is 0 Å². The number of nitrogens with zero attached hydrogens (tertiary/aromatic N) is 1.